The van der Waals surface area contributed by atoms with Crippen LogP contribution in [0.5, 0.6) is 5.75 Å². The Kier molecular flexibility index (Phi) is 5.82. The number of carbonyl (C=O) groups is 1. The maximum atomic E-state index is 11.9. The second kappa shape index (κ2) is 7.14. The first-order chi connectivity index (χ1) is 9.39. The molecule has 0 spiro atoms. The summed E-state index contributed by atoms with van der Waals surface area (Å²) in [6.07, 6.45) is 0.270. The van der Waals surface area contributed by atoms with Crippen molar-refractivity contribution in [1.29, 1.82) is 0 Å². The number of rotatable bonds is 7. The van der Waals surface area contributed by atoms with Crippen LogP contribution in [-0.2, 0) is 14.6 Å². The largest absolute Gasteiger partial charge is 0.496 e. The second-order valence-corrected chi connectivity index (χ2v) is 6.66. The summed E-state index contributed by atoms with van der Waals surface area (Å²) in [5.74, 6) is -0.122. The highest BCUT2D eigenvalue weighted by atomic mass is 32.2. The number of ether oxygens (including phenoxy) is 2. The molecule has 0 fully saturated rings. The molecular weight excluding hydrogens is 282 g/mol. The predicted molar refractivity (Wildman–Crippen MR) is 76.6 cm³/mol. The summed E-state index contributed by atoms with van der Waals surface area (Å²) >= 11 is 0. The lowest BCUT2D eigenvalue weighted by Crippen LogP contribution is -2.13. The fraction of sp³-hybridized carbons (Fsp3) is 0.462. The monoisotopic (exact) mass is 301 g/mol. The lowest BCUT2D eigenvalue weighted by atomic mass is 10.2. The lowest BCUT2D eigenvalue weighted by molar-refractivity contribution is 0.0502. The number of nitrogens with two attached hydrogens (primary N) is 1. The Labute approximate surface area is 118 Å². The first-order valence-corrected chi connectivity index (χ1v) is 8.03. The number of esters is 1. The minimum absolute atomic E-state index is 0.00481. The minimum Gasteiger partial charge on any atom is -0.496 e. The van der Waals surface area contributed by atoms with Crippen LogP contribution in [0.4, 0.5) is 5.69 Å². The molecule has 1 aromatic rings. The van der Waals surface area contributed by atoms with Gasteiger partial charge in [0, 0.05) is 11.4 Å². The number of benzene rings is 1. The summed E-state index contributed by atoms with van der Waals surface area (Å²) in [4.78, 5) is 11.9. The van der Waals surface area contributed by atoms with E-state index >= 15 is 0 Å². The third-order valence-corrected chi connectivity index (χ3v) is 4.51. The fourth-order valence-corrected chi connectivity index (χ4v) is 2.40. The van der Waals surface area contributed by atoms with Crippen LogP contribution in [0.15, 0.2) is 18.2 Å². The summed E-state index contributed by atoms with van der Waals surface area (Å²) in [6, 6.07) is 4.65. The van der Waals surface area contributed by atoms with Crippen molar-refractivity contribution in [3.63, 3.8) is 0 Å². The van der Waals surface area contributed by atoms with Crippen molar-refractivity contribution in [1.82, 2.24) is 0 Å². The van der Waals surface area contributed by atoms with Gasteiger partial charge in [0.15, 0.2) is 0 Å². The SMILES string of the molecule is CCS(=O)(=O)CCCOC(=O)c1cc(N)ccc1OC. The molecule has 0 bridgehead atoms. The summed E-state index contributed by atoms with van der Waals surface area (Å²) < 4.78 is 32.6. The molecule has 0 aliphatic rings. The third kappa shape index (κ3) is 4.73. The summed E-state index contributed by atoms with van der Waals surface area (Å²) in [5, 5.41) is 0. The normalized spacial score (nSPS) is 11.1. The van der Waals surface area contributed by atoms with E-state index in [4.69, 9.17) is 15.2 Å². The van der Waals surface area contributed by atoms with Gasteiger partial charge in [0.05, 0.1) is 19.5 Å². The molecule has 0 heterocycles. The number of nitrogen functional groups attached to an aromatic ring is 1. The van der Waals surface area contributed by atoms with Crippen LogP contribution >= 0.6 is 0 Å². The summed E-state index contributed by atoms with van der Waals surface area (Å²) in [6.45, 7) is 1.62. The van der Waals surface area contributed by atoms with E-state index in [1.807, 2.05) is 0 Å². The van der Waals surface area contributed by atoms with Crippen LogP contribution in [0, 0.1) is 0 Å². The molecule has 7 heteroatoms. The highest BCUT2D eigenvalue weighted by Gasteiger charge is 2.14. The Hall–Kier alpha value is -1.76. The van der Waals surface area contributed by atoms with Crippen molar-refractivity contribution in [3.8, 4) is 5.75 Å². The van der Waals surface area contributed by atoms with Gasteiger partial charge in [-0.15, -0.1) is 0 Å². The molecule has 0 aromatic heterocycles. The van der Waals surface area contributed by atoms with Gasteiger partial charge in [-0.05, 0) is 24.6 Å². The molecule has 1 aromatic carbocycles. The molecule has 1 rings (SSSR count). The Balaban J connectivity index is 2.57. The third-order valence-electron chi connectivity index (χ3n) is 2.72. The maximum Gasteiger partial charge on any atom is 0.341 e. The van der Waals surface area contributed by atoms with Crippen molar-refractivity contribution in [3.05, 3.63) is 23.8 Å². The molecule has 20 heavy (non-hydrogen) atoms. The standard InChI is InChI=1S/C13H19NO5S/c1-3-20(16,17)8-4-7-19-13(15)11-9-10(14)5-6-12(11)18-2/h5-6,9H,3-4,7-8,14H2,1-2H3. The Morgan fingerprint density at radius 1 is 1.35 bits per heavy atom. The number of sulfone groups is 1. The van der Waals surface area contributed by atoms with Crippen LogP contribution in [0.2, 0.25) is 0 Å². The lowest BCUT2D eigenvalue weighted by Gasteiger charge is -2.09. The molecule has 0 atom stereocenters. The van der Waals surface area contributed by atoms with E-state index in [0.717, 1.165) is 0 Å². The van der Waals surface area contributed by atoms with Crippen molar-refractivity contribution in [2.75, 3.05) is 31.0 Å². The molecule has 0 unspecified atom stereocenters. The van der Waals surface area contributed by atoms with Crippen LogP contribution in [0.25, 0.3) is 0 Å². The van der Waals surface area contributed by atoms with Crippen LogP contribution < -0.4 is 10.5 Å². The van der Waals surface area contributed by atoms with Crippen LogP contribution in [-0.4, -0.2) is 39.6 Å². The van der Waals surface area contributed by atoms with Crippen molar-refractivity contribution in [2.45, 2.75) is 13.3 Å². The van der Waals surface area contributed by atoms with Crippen molar-refractivity contribution >= 4 is 21.5 Å². The van der Waals surface area contributed by atoms with E-state index in [0.29, 0.717) is 11.4 Å². The molecule has 0 radical (unpaired) electrons. The average molecular weight is 301 g/mol. The molecule has 112 valence electrons. The van der Waals surface area contributed by atoms with Crippen LogP contribution in [0.3, 0.4) is 0 Å². The first kappa shape index (κ1) is 16.3. The van der Waals surface area contributed by atoms with E-state index in [-0.39, 0.29) is 30.1 Å². The average Bonchev–Trinajstić information content (AvgIpc) is 2.43. The number of anilines is 1. The number of methoxy groups -OCH3 is 1. The van der Waals surface area contributed by atoms with E-state index < -0.39 is 15.8 Å². The number of hydrogen-bond donors (Lipinski definition) is 1. The van der Waals surface area contributed by atoms with E-state index in [2.05, 4.69) is 0 Å². The van der Waals surface area contributed by atoms with E-state index in [1.54, 1.807) is 19.1 Å². The van der Waals surface area contributed by atoms with Gasteiger partial charge in [-0.2, -0.15) is 0 Å². The predicted octanol–water partition coefficient (Wildman–Crippen LogP) is 1.26. The molecule has 0 aliphatic carbocycles. The van der Waals surface area contributed by atoms with Gasteiger partial charge >= 0.3 is 5.97 Å². The number of carbonyl (C=O) groups excluding carboxylic acids is 1. The molecular formula is C13H19NO5S. The van der Waals surface area contributed by atoms with Crippen LogP contribution in [0.1, 0.15) is 23.7 Å². The molecule has 0 saturated carbocycles. The second-order valence-electron chi connectivity index (χ2n) is 4.19. The van der Waals surface area contributed by atoms with Gasteiger partial charge in [0.2, 0.25) is 0 Å². The Morgan fingerprint density at radius 2 is 2.05 bits per heavy atom. The Morgan fingerprint density at radius 3 is 2.65 bits per heavy atom. The van der Waals surface area contributed by atoms with E-state index in [9.17, 15) is 13.2 Å². The summed E-state index contributed by atoms with van der Waals surface area (Å²) in [5.41, 5.74) is 6.26. The zero-order valence-electron chi connectivity index (χ0n) is 11.6. The molecule has 6 nitrogen and oxygen atoms in total. The highest BCUT2D eigenvalue weighted by Crippen LogP contribution is 2.21. The van der Waals surface area contributed by atoms with E-state index in [1.165, 1.54) is 13.2 Å². The summed E-state index contributed by atoms with van der Waals surface area (Å²) in [7, 11) is -1.60. The highest BCUT2D eigenvalue weighted by molar-refractivity contribution is 7.91. The van der Waals surface area contributed by atoms with Gasteiger partial charge in [-0.25, -0.2) is 13.2 Å². The van der Waals surface area contributed by atoms with Gasteiger partial charge in [-0.1, -0.05) is 6.92 Å². The van der Waals surface area contributed by atoms with Crippen molar-refractivity contribution < 1.29 is 22.7 Å². The quantitative estimate of drug-likeness (QED) is 0.463. The van der Waals surface area contributed by atoms with Crippen molar-refractivity contribution in [2.24, 2.45) is 0 Å². The van der Waals surface area contributed by atoms with Gasteiger partial charge in [-0.3, -0.25) is 0 Å². The van der Waals surface area contributed by atoms with Gasteiger partial charge in [0.1, 0.15) is 21.2 Å². The molecule has 0 amide bonds. The van der Waals surface area contributed by atoms with Gasteiger partial charge in [0.25, 0.3) is 0 Å². The van der Waals surface area contributed by atoms with Gasteiger partial charge < -0.3 is 15.2 Å². The zero-order valence-corrected chi connectivity index (χ0v) is 12.4. The zero-order chi connectivity index (χ0) is 15.2. The molecule has 0 aliphatic heterocycles. The fourth-order valence-electron chi connectivity index (χ4n) is 1.55. The Bertz CT molecular complexity index is 568. The topological polar surface area (TPSA) is 95.7 Å². The number of hydrogen-bond acceptors (Lipinski definition) is 6. The molecule has 0 saturated heterocycles. The smallest absolute Gasteiger partial charge is 0.341 e. The molecule has 2 N–H and O–H groups in total. The maximum absolute atomic E-state index is 11.9. The first-order valence-electron chi connectivity index (χ1n) is 6.20. The minimum atomic E-state index is -3.04.